The van der Waals surface area contributed by atoms with Crippen LogP contribution < -0.4 is 5.32 Å². The first kappa shape index (κ1) is 17.5. The van der Waals surface area contributed by atoms with Crippen LogP contribution in [-0.2, 0) is 11.3 Å². The zero-order chi connectivity index (χ0) is 16.7. The van der Waals surface area contributed by atoms with Crippen LogP contribution in [0.2, 0.25) is 0 Å². The molecule has 1 fully saturated rings. The van der Waals surface area contributed by atoms with Gasteiger partial charge in [0.1, 0.15) is 0 Å². The van der Waals surface area contributed by atoms with Gasteiger partial charge in [-0.25, -0.2) is 0 Å². The van der Waals surface area contributed by atoms with E-state index in [0.717, 1.165) is 31.7 Å². The standard InChI is InChI=1S/C18H27N3O2/c1-15(22)19-14-16-6-8-17(9-7-16)18(23)20(2)12-13-21-10-4-3-5-11-21/h6-9H,3-5,10-14H2,1-2H3,(H,19,22). The number of amides is 2. The Morgan fingerprint density at radius 1 is 1.13 bits per heavy atom. The second-order valence-corrected chi connectivity index (χ2v) is 6.24. The molecule has 0 atom stereocenters. The van der Waals surface area contributed by atoms with Crippen molar-refractivity contribution in [1.82, 2.24) is 15.1 Å². The molecule has 1 aliphatic rings. The molecule has 1 aliphatic heterocycles. The molecule has 1 aromatic rings. The van der Waals surface area contributed by atoms with Gasteiger partial charge in [0, 0.05) is 39.2 Å². The van der Waals surface area contributed by atoms with E-state index in [-0.39, 0.29) is 11.8 Å². The fraction of sp³-hybridized carbons (Fsp3) is 0.556. The van der Waals surface area contributed by atoms with Crippen LogP contribution in [0.5, 0.6) is 0 Å². The van der Waals surface area contributed by atoms with Gasteiger partial charge >= 0.3 is 0 Å². The second-order valence-electron chi connectivity index (χ2n) is 6.24. The maximum Gasteiger partial charge on any atom is 0.253 e. The van der Waals surface area contributed by atoms with E-state index in [2.05, 4.69) is 10.2 Å². The third-order valence-corrected chi connectivity index (χ3v) is 4.29. The molecular weight excluding hydrogens is 290 g/mol. The first-order chi connectivity index (χ1) is 11.1. The van der Waals surface area contributed by atoms with Crippen molar-refractivity contribution in [2.24, 2.45) is 0 Å². The second kappa shape index (κ2) is 8.67. The van der Waals surface area contributed by atoms with Crippen molar-refractivity contribution in [3.63, 3.8) is 0 Å². The number of carbonyl (C=O) groups excluding carboxylic acids is 2. The number of carbonyl (C=O) groups is 2. The minimum atomic E-state index is -0.0531. The van der Waals surface area contributed by atoms with Crippen molar-refractivity contribution >= 4 is 11.8 Å². The smallest absolute Gasteiger partial charge is 0.253 e. The van der Waals surface area contributed by atoms with Crippen molar-refractivity contribution < 1.29 is 9.59 Å². The first-order valence-corrected chi connectivity index (χ1v) is 8.37. The number of hydrogen-bond acceptors (Lipinski definition) is 3. The molecular formula is C18H27N3O2. The summed E-state index contributed by atoms with van der Waals surface area (Å²) >= 11 is 0. The van der Waals surface area contributed by atoms with Crippen molar-refractivity contribution in [2.45, 2.75) is 32.7 Å². The predicted octanol–water partition coefficient (Wildman–Crippen LogP) is 1.88. The van der Waals surface area contributed by atoms with Gasteiger partial charge in [0.15, 0.2) is 0 Å². The Kier molecular flexibility index (Phi) is 6.59. The molecule has 1 N–H and O–H groups in total. The summed E-state index contributed by atoms with van der Waals surface area (Å²) in [5.41, 5.74) is 1.69. The van der Waals surface area contributed by atoms with Crippen molar-refractivity contribution in [3.8, 4) is 0 Å². The monoisotopic (exact) mass is 317 g/mol. The van der Waals surface area contributed by atoms with Gasteiger partial charge < -0.3 is 15.1 Å². The Balaban J connectivity index is 1.82. The highest BCUT2D eigenvalue weighted by atomic mass is 16.2. The molecule has 0 saturated carbocycles. The SMILES string of the molecule is CC(=O)NCc1ccc(C(=O)N(C)CCN2CCCCC2)cc1. The number of nitrogens with one attached hydrogen (secondary N) is 1. The average Bonchev–Trinajstić information content (AvgIpc) is 2.58. The molecule has 23 heavy (non-hydrogen) atoms. The number of piperidine rings is 1. The third-order valence-electron chi connectivity index (χ3n) is 4.29. The third kappa shape index (κ3) is 5.67. The number of rotatable bonds is 6. The van der Waals surface area contributed by atoms with Gasteiger partial charge in [-0.05, 0) is 43.6 Å². The van der Waals surface area contributed by atoms with E-state index < -0.39 is 0 Å². The van der Waals surface area contributed by atoms with Gasteiger partial charge in [0.2, 0.25) is 5.91 Å². The maximum absolute atomic E-state index is 12.4. The van der Waals surface area contributed by atoms with Crippen LogP contribution in [0.15, 0.2) is 24.3 Å². The van der Waals surface area contributed by atoms with Crippen LogP contribution in [0.4, 0.5) is 0 Å². The zero-order valence-corrected chi connectivity index (χ0v) is 14.2. The number of benzene rings is 1. The van der Waals surface area contributed by atoms with E-state index in [1.54, 1.807) is 4.90 Å². The Morgan fingerprint density at radius 3 is 2.39 bits per heavy atom. The van der Waals surface area contributed by atoms with E-state index in [1.165, 1.54) is 26.2 Å². The summed E-state index contributed by atoms with van der Waals surface area (Å²) in [6, 6.07) is 7.44. The largest absolute Gasteiger partial charge is 0.352 e. The van der Waals surface area contributed by atoms with Crippen LogP contribution in [0, 0.1) is 0 Å². The van der Waals surface area contributed by atoms with E-state index in [4.69, 9.17) is 0 Å². The van der Waals surface area contributed by atoms with Crippen molar-refractivity contribution in [2.75, 3.05) is 33.2 Å². The van der Waals surface area contributed by atoms with Gasteiger partial charge in [0.05, 0.1) is 0 Å². The molecule has 2 amide bonds. The lowest BCUT2D eigenvalue weighted by Gasteiger charge is -2.28. The molecule has 5 nitrogen and oxygen atoms in total. The van der Waals surface area contributed by atoms with Gasteiger partial charge in [-0.15, -0.1) is 0 Å². The predicted molar refractivity (Wildman–Crippen MR) is 91.2 cm³/mol. The lowest BCUT2D eigenvalue weighted by Crippen LogP contribution is -2.38. The van der Waals surface area contributed by atoms with Crippen LogP contribution in [-0.4, -0.2) is 54.8 Å². The van der Waals surface area contributed by atoms with Crippen molar-refractivity contribution in [1.29, 1.82) is 0 Å². The van der Waals surface area contributed by atoms with E-state index in [0.29, 0.717) is 12.1 Å². The maximum atomic E-state index is 12.4. The summed E-state index contributed by atoms with van der Waals surface area (Å²) in [6.45, 7) is 6.00. The van der Waals surface area contributed by atoms with E-state index in [9.17, 15) is 9.59 Å². The Hall–Kier alpha value is -1.88. The van der Waals surface area contributed by atoms with Gasteiger partial charge in [-0.1, -0.05) is 18.6 Å². The van der Waals surface area contributed by atoms with Gasteiger partial charge in [-0.2, -0.15) is 0 Å². The van der Waals surface area contributed by atoms with Crippen molar-refractivity contribution in [3.05, 3.63) is 35.4 Å². The normalized spacial score (nSPS) is 15.2. The number of nitrogens with zero attached hydrogens (tertiary/aromatic N) is 2. The number of likely N-dealkylation sites (N-methyl/N-ethyl adjacent to an activating group) is 1. The Morgan fingerprint density at radius 2 is 1.78 bits per heavy atom. The first-order valence-electron chi connectivity index (χ1n) is 8.37. The molecule has 126 valence electrons. The molecule has 5 heteroatoms. The fourth-order valence-corrected chi connectivity index (χ4v) is 2.79. The molecule has 0 unspecified atom stereocenters. The molecule has 0 spiro atoms. The fourth-order valence-electron chi connectivity index (χ4n) is 2.79. The zero-order valence-electron chi connectivity index (χ0n) is 14.2. The number of hydrogen-bond donors (Lipinski definition) is 1. The summed E-state index contributed by atoms with van der Waals surface area (Å²) in [7, 11) is 1.86. The summed E-state index contributed by atoms with van der Waals surface area (Å²) in [6.07, 6.45) is 3.87. The lowest BCUT2D eigenvalue weighted by molar-refractivity contribution is -0.119. The number of likely N-dealkylation sites (tertiary alicyclic amines) is 1. The minimum Gasteiger partial charge on any atom is -0.352 e. The van der Waals surface area contributed by atoms with E-state index in [1.807, 2.05) is 31.3 Å². The molecule has 0 radical (unpaired) electrons. The van der Waals surface area contributed by atoms with Crippen LogP contribution in [0.3, 0.4) is 0 Å². The Labute approximate surface area is 138 Å². The quantitative estimate of drug-likeness (QED) is 0.871. The molecule has 1 saturated heterocycles. The highest BCUT2D eigenvalue weighted by molar-refractivity contribution is 5.94. The summed E-state index contributed by atoms with van der Waals surface area (Å²) in [5, 5.41) is 2.75. The molecule has 1 heterocycles. The summed E-state index contributed by atoms with van der Waals surface area (Å²) in [5.74, 6) is -0.00399. The van der Waals surface area contributed by atoms with Crippen LogP contribution in [0.1, 0.15) is 42.1 Å². The lowest BCUT2D eigenvalue weighted by atomic mass is 10.1. The summed E-state index contributed by atoms with van der Waals surface area (Å²) < 4.78 is 0. The van der Waals surface area contributed by atoms with Gasteiger partial charge in [0.25, 0.3) is 5.91 Å². The molecule has 1 aromatic carbocycles. The van der Waals surface area contributed by atoms with Gasteiger partial charge in [-0.3, -0.25) is 9.59 Å². The summed E-state index contributed by atoms with van der Waals surface area (Å²) in [4.78, 5) is 27.6. The van der Waals surface area contributed by atoms with Crippen LogP contribution >= 0.6 is 0 Å². The molecule has 0 aromatic heterocycles. The topological polar surface area (TPSA) is 52.7 Å². The molecule has 0 bridgehead atoms. The van der Waals surface area contributed by atoms with E-state index >= 15 is 0 Å². The highest BCUT2D eigenvalue weighted by Crippen LogP contribution is 2.10. The molecule has 0 aliphatic carbocycles. The minimum absolute atomic E-state index is 0.0492. The average molecular weight is 317 g/mol. The molecule has 2 rings (SSSR count). The van der Waals surface area contributed by atoms with Crippen LogP contribution in [0.25, 0.3) is 0 Å². The highest BCUT2D eigenvalue weighted by Gasteiger charge is 2.14. The Bertz CT molecular complexity index is 522.